The molecule has 2 aliphatic rings. The quantitative estimate of drug-likeness (QED) is 0.317. The van der Waals surface area contributed by atoms with Crippen molar-refractivity contribution in [1.82, 2.24) is 9.97 Å². The molecule has 0 bridgehead atoms. The Morgan fingerprint density at radius 2 is 1.33 bits per heavy atom. The number of halogens is 3. The summed E-state index contributed by atoms with van der Waals surface area (Å²) in [6, 6.07) is 18.8. The number of imidazole rings is 1. The monoisotopic (exact) mass is 500 g/mol. The molecule has 0 saturated carbocycles. The fourth-order valence-corrected chi connectivity index (χ4v) is 4.45. The van der Waals surface area contributed by atoms with Crippen LogP contribution in [0.5, 0.6) is 23.0 Å². The maximum absolute atomic E-state index is 6.25. The van der Waals surface area contributed by atoms with Crippen LogP contribution in [-0.2, 0) is 3.79 Å². The van der Waals surface area contributed by atoms with Gasteiger partial charge in [-0.25, -0.2) is 4.98 Å². The molecule has 1 aromatic heterocycles. The molecule has 0 fully saturated rings. The first kappa shape index (κ1) is 20.5. The highest BCUT2D eigenvalue weighted by Gasteiger charge is 2.28. The van der Waals surface area contributed by atoms with Gasteiger partial charge in [0, 0.05) is 22.3 Å². The van der Waals surface area contributed by atoms with E-state index in [1.807, 2.05) is 54.6 Å². The first-order chi connectivity index (χ1) is 16.0. The van der Waals surface area contributed by atoms with Crippen LogP contribution in [0.2, 0.25) is 0 Å². The molecule has 166 valence electrons. The summed E-state index contributed by atoms with van der Waals surface area (Å²) in [7, 11) is 0. The van der Waals surface area contributed by atoms with Crippen LogP contribution >= 0.6 is 34.8 Å². The number of fused-ring (bicyclic) bond motifs is 2. The molecule has 33 heavy (non-hydrogen) atoms. The Kier molecular flexibility index (Phi) is 4.83. The van der Waals surface area contributed by atoms with Crippen LogP contribution in [0.25, 0.3) is 33.9 Å². The minimum atomic E-state index is -1.61. The molecule has 0 unspecified atom stereocenters. The van der Waals surface area contributed by atoms with Gasteiger partial charge in [-0.15, -0.1) is 0 Å². The number of aromatic nitrogens is 2. The second-order valence-corrected chi connectivity index (χ2v) is 9.77. The van der Waals surface area contributed by atoms with Gasteiger partial charge in [-0.3, -0.25) is 0 Å². The van der Waals surface area contributed by atoms with Crippen LogP contribution < -0.4 is 18.9 Å². The van der Waals surface area contributed by atoms with Gasteiger partial charge in [0.1, 0.15) is 5.82 Å². The van der Waals surface area contributed by atoms with Gasteiger partial charge in [0.2, 0.25) is 17.4 Å². The zero-order chi connectivity index (χ0) is 22.6. The minimum absolute atomic E-state index is 0.191. The largest absolute Gasteiger partial charge is 0.454 e. The molecule has 6 rings (SSSR count). The molecular formula is C24H15Cl3N2O4. The third-order valence-corrected chi connectivity index (χ3v) is 6.11. The van der Waals surface area contributed by atoms with Crippen LogP contribution in [0.4, 0.5) is 0 Å². The second-order valence-electron chi connectivity index (χ2n) is 7.49. The number of hydrogen-bond donors (Lipinski definition) is 1. The number of alkyl halides is 3. The Bertz CT molecular complexity index is 1310. The molecular weight excluding hydrogens is 487 g/mol. The fourth-order valence-electron chi connectivity index (χ4n) is 3.95. The molecule has 4 aromatic rings. The number of nitrogens with one attached hydrogen (secondary N) is 1. The molecule has 0 saturated heterocycles. The third-order valence-electron chi connectivity index (χ3n) is 5.50. The van der Waals surface area contributed by atoms with Crippen molar-refractivity contribution in [3.63, 3.8) is 0 Å². The summed E-state index contributed by atoms with van der Waals surface area (Å²) >= 11 is 18.8. The van der Waals surface area contributed by atoms with Crippen LogP contribution in [-0.4, -0.2) is 23.6 Å². The van der Waals surface area contributed by atoms with Gasteiger partial charge in [0.15, 0.2) is 23.0 Å². The fraction of sp³-hybridized carbons (Fsp3) is 0.125. The summed E-state index contributed by atoms with van der Waals surface area (Å²) in [5.41, 5.74) is 4.42. The van der Waals surface area contributed by atoms with E-state index in [9.17, 15) is 0 Å². The average Bonchev–Trinajstić information content (AvgIpc) is 3.56. The van der Waals surface area contributed by atoms with Crippen LogP contribution in [0, 0.1) is 0 Å². The highest BCUT2D eigenvalue weighted by molar-refractivity contribution is 6.67. The van der Waals surface area contributed by atoms with E-state index in [4.69, 9.17) is 58.7 Å². The lowest BCUT2D eigenvalue weighted by Gasteiger charge is -2.14. The lowest BCUT2D eigenvalue weighted by atomic mass is 10.0. The summed E-state index contributed by atoms with van der Waals surface area (Å²) < 4.78 is 20.5. The topological polar surface area (TPSA) is 65.6 Å². The van der Waals surface area contributed by atoms with E-state index in [2.05, 4.69) is 4.98 Å². The summed E-state index contributed by atoms with van der Waals surface area (Å²) in [4.78, 5) is 8.35. The number of aromatic amines is 1. The van der Waals surface area contributed by atoms with E-state index in [1.165, 1.54) is 0 Å². The van der Waals surface area contributed by atoms with Gasteiger partial charge in [-0.1, -0.05) is 59.1 Å². The zero-order valence-corrected chi connectivity index (χ0v) is 19.2. The first-order valence-electron chi connectivity index (χ1n) is 10.0. The van der Waals surface area contributed by atoms with E-state index in [0.29, 0.717) is 45.6 Å². The van der Waals surface area contributed by atoms with Crippen LogP contribution in [0.3, 0.4) is 0 Å². The molecule has 9 heteroatoms. The lowest BCUT2D eigenvalue weighted by Crippen LogP contribution is -2.03. The van der Waals surface area contributed by atoms with Gasteiger partial charge in [-0.05, 0) is 36.4 Å². The number of benzene rings is 3. The molecule has 0 aliphatic carbocycles. The summed E-state index contributed by atoms with van der Waals surface area (Å²) in [5.74, 6) is 3.29. The number of H-pyrrole nitrogens is 1. The van der Waals surface area contributed by atoms with Crippen molar-refractivity contribution < 1.29 is 18.9 Å². The molecule has 0 radical (unpaired) electrons. The molecule has 3 heterocycles. The Labute approximate surface area is 203 Å². The van der Waals surface area contributed by atoms with E-state index >= 15 is 0 Å². The molecule has 0 atom stereocenters. The number of nitrogens with zero attached hydrogens (tertiary/aromatic N) is 1. The Hall–Kier alpha value is -3.06. The second kappa shape index (κ2) is 7.76. The summed E-state index contributed by atoms with van der Waals surface area (Å²) in [6.45, 7) is 0.384. The lowest BCUT2D eigenvalue weighted by molar-refractivity contribution is 0.173. The highest BCUT2D eigenvalue weighted by atomic mass is 35.6. The van der Waals surface area contributed by atoms with Crippen molar-refractivity contribution in [2.24, 2.45) is 0 Å². The summed E-state index contributed by atoms with van der Waals surface area (Å²) in [6.07, 6.45) is 0. The minimum Gasteiger partial charge on any atom is -0.454 e. The van der Waals surface area contributed by atoms with E-state index in [1.54, 1.807) is 6.07 Å². The van der Waals surface area contributed by atoms with Crippen molar-refractivity contribution in [3.05, 3.63) is 66.2 Å². The van der Waals surface area contributed by atoms with Gasteiger partial charge in [-0.2, -0.15) is 0 Å². The highest BCUT2D eigenvalue weighted by Crippen LogP contribution is 2.45. The van der Waals surface area contributed by atoms with E-state index in [0.717, 1.165) is 16.8 Å². The predicted octanol–water partition coefficient (Wildman–Crippen LogP) is 6.69. The Morgan fingerprint density at radius 3 is 2.03 bits per heavy atom. The van der Waals surface area contributed by atoms with Crippen LogP contribution in [0.15, 0.2) is 60.7 Å². The Balaban J connectivity index is 1.55. The van der Waals surface area contributed by atoms with Crippen molar-refractivity contribution >= 4 is 34.8 Å². The maximum Gasteiger partial charge on any atom is 0.231 e. The van der Waals surface area contributed by atoms with Gasteiger partial charge in [0.05, 0.1) is 11.4 Å². The SMILES string of the molecule is ClC(Cl)(Cl)c1ccccc1-c1nc(-c2ccc3c(c2)OCO3)c(-c2ccc3c(c2)OCO3)[nH]1. The van der Waals surface area contributed by atoms with Gasteiger partial charge in [0.25, 0.3) is 0 Å². The van der Waals surface area contributed by atoms with Gasteiger partial charge < -0.3 is 23.9 Å². The van der Waals surface area contributed by atoms with E-state index < -0.39 is 3.79 Å². The standard InChI is InChI=1S/C24H15Cl3N2O4/c25-24(26,27)16-4-2-1-3-15(16)23-28-21(13-5-7-17-19(9-13)32-11-30-17)22(29-23)14-6-8-18-20(10-14)33-12-31-18/h1-10H,11-12H2,(H,28,29). The third kappa shape index (κ3) is 3.64. The summed E-state index contributed by atoms with van der Waals surface area (Å²) in [5, 5.41) is 0. The van der Waals surface area contributed by atoms with E-state index in [-0.39, 0.29) is 13.6 Å². The Morgan fingerprint density at radius 1 is 0.727 bits per heavy atom. The van der Waals surface area contributed by atoms with Crippen molar-refractivity contribution in [2.45, 2.75) is 3.79 Å². The van der Waals surface area contributed by atoms with Crippen molar-refractivity contribution in [3.8, 4) is 56.9 Å². The zero-order valence-electron chi connectivity index (χ0n) is 16.9. The number of hydrogen-bond acceptors (Lipinski definition) is 5. The average molecular weight is 502 g/mol. The molecule has 0 spiro atoms. The van der Waals surface area contributed by atoms with Crippen LogP contribution in [0.1, 0.15) is 5.56 Å². The molecule has 1 N–H and O–H groups in total. The molecule has 6 nitrogen and oxygen atoms in total. The molecule has 2 aliphatic heterocycles. The van der Waals surface area contributed by atoms with Crippen molar-refractivity contribution in [1.29, 1.82) is 0 Å². The smallest absolute Gasteiger partial charge is 0.231 e. The van der Waals surface area contributed by atoms with Gasteiger partial charge >= 0.3 is 0 Å². The number of ether oxygens (including phenoxy) is 4. The first-order valence-corrected chi connectivity index (χ1v) is 11.2. The van der Waals surface area contributed by atoms with Crippen molar-refractivity contribution in [2.75, 3.05) is 13.6 Å². The number of rotatable bonds is 3. The molecule has 3 aromatic carbocycles. The predicted molar refractivity (Wildman–Crippen MR) is 126 cm³/mol. The normalized spacial score (nSPS) is 14.0. The maximum atomic E-state index is 6.25. The molecule has 0 amide bonds.